The summed E-state index contributed by atoms with van der Waals surface area (Å²) in [6.07, 6.45) is 0. The van der Waals surface area contributed by atoms with Gasteiger partial charge in [-0.1, -0.05) is 90.3 Å². The monoisotopic (exact) mass is 400 g/mol. The lowest BCUT2D eigenvalue weighted by atomic mass is 10.1. The van der Waals surface area contributed by atoms with Crippen molar-refractivity contribution in [2.24, 2.45) is 0 Å². The molecule has 0 amide bonds. The highest BCUT2D eigenvalue weighted by Crippen LogP contribution is 2.27. The molecule has 0 aliphatic rings. The molecular weight excluding hydrogens is 378 g/mol. The lowest BCUT2D eigenvalue weighted by Crippen LogP contribution is -2.00. The van der Waals surface area contributed by atoms with Crippen LogP contribution in [0.3, 0.4) is 0 Å². The van der Waals surface area contributed by atoms with Gasteiger partial charge in [-0.15, -0.1) is 0 Å². The number of nitrogens with zero attached hydrogens (tertiary/aromatic N) is 3. The van der Waals surface area contributed by atoms with E-state index in [0.717, 1.165) is 0 Å². The van der Waals surface area contributed by atoms with E-state index < -0.39 is 36.3 Å². The maximum Gasteiger partial charge on any atom is 0.164 e. The second-order valence-corrected chi connectivity index (χ2v) is 6.62. The molecular formula is C25H16ClN3. The summed E-state index contributed by atoms with van der Waals surface area (Å²) in [5, 5.41) is 0.114. The molecule has 5 aromatic rings. The quantitative estimate of drug-likeness (QED) is 0.339. The Kier molecular flexibility index (Phi) is 2.94. The maximum absolute atomic E-state index is 8.83. The number of benzene rings is 4. The predicted molar refractivity (Wildman–Crippen MR) is 119 cm³/mol. The maximum atomic E-state index is 8.83. The van der Waals surface area contributed by atoms with Gasteiger partial charge in [-0.2, -0.15) is 0 Å². The molecule has 0 fully saturated rings. The molecule has 5 rings (SSSR count). The lowest BCUT2D eigenvalue weighted by Gasteiger charge is -2.09. The van der Waals surface area contributed by atoms with Gasteiger partial charge >= 0.3 is 0 Å². The summed E-state index contributed by atoms with van der Waals surface area (Å²) >= 11 is 6.18. The fraction of sp³-hybridized carbons (Fsp3) is 0. The third-order valence-electron chi connectivity index (χ3n) is 4.22. The first-order valence-corrected chi connectivity index (χ1v) is 9.14. The van der Waals surface area contributed by atoms with Crippen LogP contribution in [0.4, 0.5) is 0 Å². The van der Waals surface area contributed by atoms with E-state index in [9.17, 15) is 0 Å². The highest BCUT2D eigenvalue weighted by atomic mass is 35.5. The summed E-state index contributed by atoms with van der Waals surface area (Å²) in [7, 11) is 0. The molecule has 0 radical (unpaired) electrons. The van der Waals surface area contributed by atoms with Gasteiger partial charge in [0, 0.05) is 21.7 Å². The summed E-state index contributed by atoms with van der Waals surface area (Å²) in [5.74, 6) is 0.453. The van der Waals surface area contributed by atoms with E-state index in [4.69, 9.17) is 21.2 Å². The second kappa shape index (κ2) is 7.46. The Labute approximate surface area is 183 Å². The average Bonchev–Trinajstić information content (AvgIpc) is 2.88. The fourth-order valence-corrected chi connectivity index (χ4v) is 3.04. The zero-order valence-electron chi connectivity index (χ0n) is 21.9. The highest BCUT2D eigenvalue weighted by Gasteiger charge is 2.12. The first-order valence-electron chi connectivity index (χ1n) is 12.3. The molecule has 4 aromatic carbocycles. The molecule has 0 saturated heterocycles. The molecule has 0 atom stereocenters. The Hall–Kier alpha value is -3.56. The summed E-state index contributed by atoms with van der Waals surface area (Å²) in [5.41, 5.74) is 1.12. The van der Waals surface area contributed by atoms with Gasteiger partial charge in [0.15, 0.2) is 17.5 Å². The molecule has 0 aliphatic heterocycles. The predicted octanol–water partition coefficient (Wildman–Crippen LogP) is 6.68. The molecule has 3 nitrogen and oxygen atoms in total. The number of hydrogen-bond donors (Lipinski definition) is 0. The minimum atomic E-state index is -0.526. The van der Waals surface area contributed by atoms with Crippen molar-refractivity contribution >= 4 is 22.4 Å². The van der Waals surface area contributed by atoms with E-state index in [0.29, 0.717) is 16.1 Å². The van der Waals surface area contributed by atoms with Crippen LogP contribution < -0.4 is 0 Å². The minimum absolute atomic E-state index is 0.0587. The largest absolute Gasteiger partial charge is 0.208 e. The van der Waals surface area contributed by atoms with Crippen LogP contribution in [0.25, 0.3) is 44.9 Å². The molecule has 1 heterocycles. The van der Waals surface area contributed by atoms with E-state index in [2.05, 4.69) is 15.0 Å². The smallest absolute Gasteiger partial charge is 0.164 e. The first kappa shape index (κ1) is 11.4. The van der Waals surface area contributed by atoms with Crippen molar-refractivity contribution in [2.75, 3.05) is 0 Å². The third kappa shape index (κ3) is 3.60. The molecule has 0 N–H and O–H groups in total. The van der Waals surface area contributed by atoms with Crippen LogP contribution >= 0.6 is 11.6 Å². The molecule has 4 heteroatoms. The van der Waals surface area contributed by atoms with Gasteiger partial charge in [-0.25, -0.2) is 15.0 Å². The van der Waals surface area contributed by atoms with Crippen molar-refractivity contribution in [2.45, 2.75) is 0 Å². The van der Waals surface area contributed by atoms with Gasteiger partial charge in [0.25, 0.3) is 0 Å². The first-order chi connectivity index (χ1) is 17.2. The van der Waals surface area contributed by atoms with E-state index in [1.807, 2.05) is 18.2 Å². The molecule has 1 aromatic heterocycles. The number of rotatable bonds is 3. The Morgan fingerprint density at radius 1 is 0.621 bits per heavy atom. The zero-order chi connectivity index (χ0) is 25.7. The van der Waals surface area contributed by atoms with Crippen molar-refractivity contribution in [1.82, 2.24) is 15.0 Å². The average molecular weight is 401 g/mol. The van der Waals surface area contributed by atoms with Crippen molar-refractivity contribution in [3.63, 3.8) is 0 Å². The van der Waals surface area contributed by atoms with Gasteiger partial charge < -0.3 is 0 Å². The zero-order valence-corrected chi connectivity index (χ0v) is 15.7. The second-order valence-electron chi connectivity index (χ2n) is 6.18. The summed E-state index contributed by atoms with van der Waals surface area (Å²) in [6, 6.07) is 12.8. The molecule has 0 spiro atoms. The van der Waals surface area contributed by atoms with E-state index in [1.54, 1.807) is 36.4 Å². The number of hydrogen-bond acceptors (Lipinski definition) is 3. The fourth-order valence-electron chi connectivity index (χ4n) is 2.85. The van der Waals surface area contributed by atoms with Crippen molar-refractivity contribution in [1.29, 1.82) is 0 Å². The van der Waals surface area contributed by atoms with Crippen LogP contribution in [0, 0.1) is 0 Å². The third-order valence-corrected chi connectivity index (χ3v) is 4.46. The highest BCUT2D eigenvalue weighted by molar-refractivity contribution is 6.30. The van der Waals surface area contributed by atoms with Crippen molar-refractivity contribution < 1.29 is 9.60 Å². The topological polar surface area (TPSA) is 38.7 Å². The van der Waals surface area contributed by atoms with Gasteiger partial charge in [-0.3, -0.25) is 0 Å². The molecule has 0 aliphatic carbocycles. The number of halogens is 1. The van der Waals surface area contributed by atoms with Gasteiger partial charge in [-0.05, 0) is 28.9 Å². The Balaban J connectivity index is 1.88. The Morgan fingerprint density at radius 2 is 1.28 bits per heavy atom. The van der Waals surface area contributed by atoms with Crippen LogP contribution in [0.2, 0.25) is 5.02 Å². The summed E-state index contributed by atoms with van der Waals surface area (Å²) < 4.78 is 58.6. The molecule has 0 bridgehead atoms. The molecule has 0 unspecified atom stereocenters. The Morgan fingerprint density at radius 3 is 2.03 bits per heavy atom. The molecule has 29 heavy (non-hydrogen) atoms. The van der Waals surface area contributed by atoms with Gasteiger partial charge in [0.05, 0.1) is 9.60 Å². The van der Waals surface area contributed by atoms with Crippen LogP contribution in [-0.4, -0.2) is 15.0 Å². The SMILES string of the molecule is [2H]c1c([2H])c([2H])c2c([2H])c(-c3nc(-c4ccccc4)nc(-c4cccc(Cl)c4)n3)c([2H])c([2H])c2c1[2H]. The summed E-state index contributed by atoms with van der Waals surface area (Å²) in [6.45, 7) is 0. The number of aromatic nitrogens is 3. The normalized spacial score (nSPS) is 14.3. The summed E-state index contributed by atoms with van der Waals surface area (Å²) in [4.78, 5) is 13.6. The van der Waals surface area contributed by atoms with E-state index in [-0.39, 0.29) is 39.9 Å². The Bertz CT molecular complexity index is 1680. The number of fused-ring (bicyclic) bond motifs is 1. The standard InChI is InChI=1S/C25H16ClN3/c26-22-12-6-11-20(16-22)24-27-23(18-8-2-1-3-9-18)28-25(29-24)21-14-13-17-7-4-5-10-19(17)15-21/h1-16H/i4D,5D,7D,10D,13D,14D,15D. The molecule has 0 saturated carbocycles. The van der Waals surface area contributed by atoms with Crippen molar-refractivity contribution in [3.8, 4) is 34.2 Å². The van der Waals surface area contributed by atoms with Crippen LogP contribution in [0.5, 0.6) is 0 Å². The van der Waals surface area contributed by atoms with Crippen LogP contribution in [0.15, 0.2) is 96.9 Å². The molecule has 138 valence electrons. The van der Waals surface area contributed by atoms with Gasteiger partial charge in [0.2, 0.25) is 0 Å². The minimum Gasteiger partial charge on any atom is -0.208 e. The van der Waals surface area contributed by atoms with Crippen molar-refractivity contribution in [3.05, 3.63) is 102 Å². The van der Waals surface area contributed by atoms with Gasteiger partial charge in [0.1, 0.15) is 0 Å². The van der Waals surface area contributed by atoms with Crippen LogP contribution in [-0.2, 0) is 0 Å². The van der Waals surface area contributed by atoms with E-state index in [1.165, 1.54) is 0 Å². The van der Waals surface area contributed by atoms with E-state index >= 15 is 0 Å². The lowest BCUT2D eigenvalue weighted by molar-refractivity contribution is 1.07. The van der Waals surface area contributed by atoms with Crippen LogP contribution in [0.1, 0.15) is 9.60 Å².